The molecule has 0 aliphatic carbocycles. The highest BCUT2D eigenvalue weighted by Gasteiger charge is 2.35. The number of sulfonamides is 1. The molecular weight excluding hydrogens is 442 g/mol. The van der Waals surface area contributed by atoms with E-state index in [9.17, 15) is 26.8 Å². The number of halogens is 2. The Kier molecular flexibility index (Phi) is 6.99. The van der Waals surface area contributed by atoms with Gasteiger partial charge < -0.3 is 10.6 Å². The summed E-state index contributed by atoms with van der Waals surface area (Å²) in [4.78, 5) is 30.0. The van der Waals surface area contributed by atoms with E-state index in [0.29, 0.717) is 16.8 Å². The van der Waals surface area contributed by atoms with Crippen LogP contribution in [0.25, 0.3) is 11.3 Å². The van der Waals surface area contributed by atoms with Gasteiger partial charge >= 0.3 is 0 Å². The van der Waals surface area contributed by atoms with Gasteiger partial charge in [0.2, 0.25) is 21.8 Å². The molecule has 3 N–H and O–H groups in total. The lowest BCUT2D eigenvalue weighted by atomic mass is 10.0. The first-order valence-corrected chi connectivity index (χ1v) is 11.2. The van der Waals surface area contributed by atoms with Crippen LogP contribution in [0, 0.1) is 6.92 Å². The number of amides is 2. The SMILES string of the molecule is Cc1c(-c2ccccn2)cccc1S(=O)(=O)N[C@@H](C(N)=O)C(=O)N1CCC(=C(F)F)CC1. The predicted octanol–water partition coefficient (Wildman–Crippen LogP) is 1.96. The van der Waals surface area contributed by atoms with E-state index in [1.807, 2.05) is 0 Å². The number of carbonyl (C=O) groups excluding carboxylic acids is 2. The maximum absolute atomic E-state index is 13.1. The molecule has 170 valence electrons. The van der Waals surface area contributed by atoms with Crippen molar-refractivity contribution in [2.24, 2.45) is 5.73 Å². The molecule has 0 radical (unpaired) electrons. The van der Waals surface area contributed by atoms with Gasteiger partial charge in [-0.2, -0.15) is 13.5 Å². The Morgan fingerprint density at radius 3 is 2.38 bits per heavy atom. The standard InChI is InChI=1S/C21H22F2N4O4S/c1-13-15(16-6-2-3-10-25-16)5-4-7-17(13)32(30,31)26-18(20(24)28)21(29)27-11-8-14(9-12-27)19(22)23/h2-7,10,18,26H,8-9,11-12H2,1H3,(H2,24,28)/t18-/m0/s1. The molecule has 1 aliphatic rings. The Bertz CT molecular complexity index is 1160. The lowest BCUT2D eigenvalue weighted by molar-refractivity contribution is -0.138. The Balaban J connectivity index is 1.86. The molecule has 1 aromatic carbocycles. The first-order chi connectivity index (χ1) is 15.1. The summed E-state index contributed by atoms with van der Waals surface area (Å²) in [7, 11) is -4.33. The number of benzene rings is 1. The number of aromatic nitrogens is 1. The molecule has 2 heterocycles. The molecule has 1 saturated heterocycles. The predicted molar refractivity (Wildman–Crippen MR) is 113 cm³/mol. The number of nitrogens with zero attached hydrogens (tertiary/aromatic N) is 2. The summed E-state index contributed by atoms with van der Waals surface area (Å²) in [5.74, 6) is -2.06. The van der Waals surface area contributed by atoms with Crippen LogP contribution in [0.1, 0.15) is 18.4 Å². The Morgan fingerprint density at radius 1 is 1.12 bits per heavy atom. The van der Waals surface area contributed by atoms with Crippen molar-refractivity contribution < 1.29 is 26.8 Å². The van der Waals surface area contributed by atoms with Crippen LogP contribution in [0.15, 0.2) is 59.1 Å². The summed E-state index contributed by atoms with van der Waals surface area (Å²) < 4.78 is 53.7. The zero-order valence-corrected chi connectivity index (χ0v) is 18.0. The zero-order chi connectivity index (χ0) is 23.5. The lowest BCUT2D eigenvalue weighted by Gasteiger charge is -2.30. The van der Waals surface area contributed by atoms with Crippen LogP contribution in [-0.2, 0) is 19.6 Å². The fourth-order valence-electron chi connectivity index (χ4n) is 3.52. The molecule has 2 aromatic rings. The molecular formula is C21H22F2N4O4S. The molecule has 1 fully saturated rings. The van der Waals surface area contributed by atoms with Crippen LogP contribution < -0.4 is 10.5 Å². The van der Waals surface area contributed by atoms with Crippen molar-refractivity contribution in [3.63, 3.8) is 0 Å². The van der Waals surface area contributed by atoms with Gasteiger partial charge in [-0.1, -0.05) is 18.2 Å². The van der Waals surface area contributed by atoms with Gasteiger partial charge in [0.15, 0.2) is 6.04 Å². The third kappa shape index (κ3) is 5.00. The molecule has 0 spiro atoms. The van der Waals surface area contributed by atoms with Crippen LogP contribution in [0.2, 0.25) is 0 Å². The first kappa shape index (κ1) is 23.5. The van der Waals surface area contributed by atoms with E-state index in [1.54, 1.807) is 37.4 Å². The molecule has 8 nitrogen and oxygen atoms in total. The van der Waals surface area contributed by atoms with Gasteiger partial charge in [-0.05, 0) is 49.1 Å². The second kappa shape index (κ2) is 9.53. The van der Waals surface area contributed by atoms with Crippen LogP contribution in [0.5, 0.6) is 0 Å². The third-order valence-corrected chi connectivity index (χ3v) is 6.83. The Labute approximate surface area is 184 Å². The minimum absolute atomic E-state index is 0.0580. The smallest absolute Gasteiger partial charge is 0.269 e. The molecule has 0 unspecified atom stereocenters. The molecule has 1 aliphatic heterocycles. The number of likely N-dealkylation sites (tertiary alicyclic amines) is 1. The van der Waals surface area contributed by atoms with E-state index in [4.69, 9.17) is 5.73 Å². The summed E-state index contributed by atoms with van der Waals surface area (Å²) >= 11 is 0. The van der Waals surface area contributed by atoms with E-state index in [1.165, 1.54) is 12.1 Å². The third-order valence-electron chi connectivity index (χ3n) is 5.26. The highest BCUT2D eigenvalue weighted by molar-refractivity contribution is 7.89. The van der Waals surface area contributed by atoms with E-state index in [0.717, 1.165) is 4.90 Å². The molecule has 1 aromatic heterocycles. The second-order valence-electron chi connectivity index (χ2n) is 7.29. The van der Waals surface area contributed by atoms with Crippen molar-refractivity contribution in [1.82, 2.24) is 14.6 Å². The van der Waals surface area contributed by atoms with Gasteiger partial charge in [0.25, 0.3) is 6.08 Å². The summed E-state index contributed by atoms with van der Waals surface area (Å²) in [5.41, 5.74) is 6.75. The Hall–Kier alpha value is -3.18. The van der Waals surface area contributed by atoms with Crippen molar-refractivity contribution in [3.05, 3.63) is 59.8 Å². The van der Waals surface area contributed by atoms with Gasteiger partial charge in [0, 0.05) is 24.8 Å². The van der Waals surface area contributed by atoms with Gasteiger partial charge in [-0.3, -0.25) is 14.6 Å². The maximum Gasteiger partial charge on any atom is 0.269 e. The van der Waals surface area contributed by atoms with E-state index < -0.39 is 34.0 Å². The van der Waals surface area contributed by atoms with Crippen LogP contribution in [0.3, 0.4) is 0 Å². The van der Waals surface area contributed by atoms with Crippen LogP contribution >= 0.6 is 0 Å². The summed E-state index contributed by atoms with van der Waals surface area (Å²) in [6, 6.07) is 7.92. The van der Waals surface area contributed by atoms with Crippen molar-refractivity contribution in [3.8, 4) is 11.3 Å². The number of pyridine rings is 1. The van der Waals surface area contributed by atoms with Gasteiger partial charge in [0.1, 0.15) is 0 Å². The average Bonchev–Trinajstić information content (AvgIpc) is 2.77. The maximum atomic E-state index is 13.1. The quantitative estimate of drug-likeness (QED) is 0.633. The number of rotatable bonds is 6. The fraction of sp³-hybridized carbons (Fsp3) is 0.286. The second-order valence-corrected chi connectivity index (χ2v) is 8.97. The molecule has 1 atom stereocenters. The molecule has 0 saturated carbocycles. The largest absolute Gasteiger partial charge is 0.368 e. The lowest BCUT2D eigenvalue weighted by Crippen LogP contribution is -2.56. The molecule has 3 rings (SSSR count). The number of nitrogens with one attached hydrogen (secondary N) is 1. The average molecular weight is 464 g/mol. The van der Waals surface area contributed by atoms with Crippen LogP contribution in [-0.4, -0.2) is 49.2 Å². The normalized spacial score (nSPS) is 15.3. The number of hydrogen-bond acceptors (Lipinski definition) is 5. The highest BCUT2D eigenvalue weighted by atomic mass is 32.2. The van der Waals surface area contributed by atoms with E-state index in [2.05, 4.69) is 9.71 Å². The summed E-state index contributed by atoms with van der Waals surface area (Å²) in [6.07, 6.45) is -0.327. The molecule has 2 amide bonds. The number of nitrogens with two attached hydrogens (primary N) is 1. The monoisotopic (exact) mass is 464 g/mol. The topological polar surface area (TPSA) is 122 Å². The van der Waals surface area contributed by atoms with Crippen LogP contribution in [0.4, 0.5) is 8.78 Å². The highest BCUT2D eigenvalue weighted by Crippen LogP contribution is 2.27. The van der Waals surface area contributed by atoms with Crippen molar-refractivity contribution in [2.75, 3.05) is 13.1 Å². The summed E-state index contributed by atoms with van der Waals surface area (Å²) in [5, 5.41) is 0. The molecule has 32 heavy (non-hydrogen) atoms. The first-order valence-electron chi connectivity index (χ1n) is 9.76. The van der Waals surface area contributed by atoms with Gasteiger partial charge in [-0.15, -0.1) is 0 Å². The number of piperidine rings is 1. The Morgan fingerprint density at radius 2 is 1.81 bits per heavy atom. The van der Waals surface area contributed by atoms with Crippen molar-refractivity contribution >= 4 is 21.8 Å². The minimum Gasteiger partial charge on any atom is -0.368 e. The number of carbonyl (C=O) groups is 2. The molecule has 0 bridgehead atoms. The van der Waals surface area contributed by atoms with Gasteiger partial charge in [-0.25, -0.2) is 8.42 Å². The van der Waals surface area contributed by atoms with E-state index in [-0.39, 0.29) is 36.4 Å². The summed E-state index contributed by atoms with van der Waals surface area (Å²) in [6.45, 7) is 1.46. The van der Waals surface area contributed by atoms with Crippen molar-refractivity contribution in [1.29, 1.82) is 0 Å². The zero-order valence-electron chi connectivity index (χ0n) is 17.2. The van der Waals surface area contributed by atoms with Gasteiger partial charge in [0.05, 0.1) is 10.6 Å². The molecule has 11 heteroatoms. The van der Waals surface area contributed by atoms with E-state index >= 15 is 0 Å². The van der Waals surface area contributed by atoms with Crippen molar-refractivity contribution in [2.45, 2.75) is 30.7 Å². The fourth-order valence-corrected chi connectivity index (χ4v) is 4.95. The number of hydrogen-bond donors (Lipinski definition) is 2. The number of primary amides is 1. The minimum atomic E-state index is -4.33.